The Morgan fingerprint density at radius 1 is 1.15 bits per heavy atom. The van der Waals surface area contributed by atoms with Gasteiger partial charge in [0.05, 0.1) is 29.3 Å². The number of halogens is 1. The van der Waals surface area contributed by atoms with Gasteiger partial charge in [-0.05, 0) is 63.2 Å². The molecule has 0 spiro atoms. The van der Waals surface area contributed by atoms with E-state index in [0.29, 0.717) is 28.2 Å². The van der Waals surface area contributed by atoms with Crippen molar-refractivity contribution in [2.24, 2.45) is 0 Å². The average molecular weight is 480 g/mol. The van der Waals surface area contributed by atoms with E-state index in [1.165, 1.54) is 23.9 Å². The first kappa shape index (κ1) is 23.9. The molecule has 0 aliphatic rings. The number of hydrogen-bond acceptors (Lipinski definition) is 5. The van der Waals surface area contributed by atoms with Crippen molar-refractivity contribution in [3.63, 3.8) is 0 Å². The van der Waals surface area contributed by atoms with Crippen molar-refractivity contribution in [2.45, 2.75) is 32.0 Å². The molecule has 0 amide bonds. The highest BCUT2D eigenvalue weighted by Crippen LogP contribution is 2.26. The molecular formula is C26H26FN3O3S. The Morgan fingerprint density at radius 2 is 1.85 bits per heavy atom. The molecule has 0 N–H and O–H groups in total. The zero-order valence-corrected chi connectivity index (χ0v) is 20.4. The number of carbonyl (C=O) groups is 1. The van der Waals surface area contributed by atoms with Crippen LogP contribution in [0, 0.1) is 19.7 Å². The molecule has 4 rings (SSSR count). The number of fused-ring (bicyclic) bond motifs is 1. The van der Waals surface area contributed by atoms with E-state index in [4.69, 9.17) is 4.74 Å². The molecule has 0 radical (unpaired) electrons. The summed E-state index contributed by atoms with van der Waals surface area (Å²) in [6.45, 7) is 6.03. The van der Waals surface area contributed by atoms with Crippen molar-refractivity contribution < 1.29 is 13.9 Å². The molecule has 0 fully saturated rings. The van der Waals surface area contributed by atoms with Crippen LogP contribution in [0.2, 0.25) is 0 Å². The highest BCUT2D eigenvalue weighted by Gasteiger charge is 2.20. The van der Waals surface area contributed by atoms with Crippen molar-refractivity contribution in [3.05, 3.63) is 87.7 Å². The Morgan fingerprint density at radius 3 is 2.56 bits per heavy atom. The lowest BCUT2D eigenvalue weighted by Crippen LogP contribution is -2.28. The summed E-state index contributed by atoms with van der Waals surface area (Å²) in [5.74, 6) is -0.256. The largest absolute Gasteiger partial charge is 0.383 e. The van der Waals surface area contributed by atoms with Crippen molar-refractivity contribution in [3.8, 4) is 5.69 Å². The molecule has 0 saturated carbocycles. The molecule has 6 nitrogen and oxygen atoms in total. The van der Waals surface area contributed by atoms with Gasteiger partial charge in [0, 0.05) is 29.7 Å². The van der Waals surface area contributed by atoms with Crippen molar-refractivity contribution in [1.82, 2.24) is 14.1 Å². The molecule has 0 aliphatic carbocycles. The summed E-state index contributed by atoms with van der Waals surface area (Å²) in [5.41, 5.74) is 3.49. The summed E-state index contributed by atoms with van der Waals surface area (Å²) in [6.07, 6.45) is 0. The number of thioether (sulfide) groups is 1. The molecule has 0 aliphatic heterocycles. The maximum atomic E-state index is 13.4. The van der Waals surface area contributed by atoms with E-state index in [0.717, 1.165) is 17.1 Å². The summed E-state index contributed by atoms with van der Waals surface area (Å²) in [4.78, 5) is 31.1. The maximum Gasteiger partial charge on any atom is 0.262 e. The van der Waals surface area contributed by atoms with Gasteiger partial charge < -0.3 is 9.30 Å². The number of nitrogens with zero attached hydrogens (tertiary/aromatic N) is 3. The minimum Gasteiger partial charge on any atom is -0.383 e. The van der Waals surface area contributed by atoms with Gasteiger partial charge in [0.15, 0.2) is 10.9 Å². The highest BCUT2D eigenvalue weighted by atomic mass is 32.2. The molecule has 0 saturated heterocycles. The Bertz CT molecular complexity index is 1410. The number of ether oxygens (including phenoxy) is 1. The summed E-state index contributed by atoms with van der Waals surface area (Å²) in [7, 11) is 1.59. The van der Waals surface area contributed by atoms with E-state index >= 15 is 0 Å². The minimum atomic E-state index is -0.310. The summed E-state index contributed by atoms with van der Waals surface area (Å²) < 4.78 is 22.2. The molecule has 2 aromatic carbocycles. The Balaban J connectivity index is 1.65. The Kier molecular flexibility index (Phi) is 7.00. The van der Waals surface area contributed by atoms with Gasteiger partial charge in [-0.1, -0.05) is 23.9 Å². The van der Waals surface area contributed by atoms with E-state index in [-0.39, 0.29) is 29.0 Å². The van der Waals surface area contributed by atoms with Crippen LogP contribution in [-0.4, -0.2) is 39.4 Å². The first-order valence-corrected chi connectivity index (χ1v) is 11.9. The molecule has 176 valence electrons. The van der Waals surface area contributed by atoms with E-state index in [1.807, 2.05) is 43.5 Å². The summed E-state index contributed by atoms with van der Waals surface area (Å²) >= 11 is 1.24. The third-order valence-corrected chi connectivity index (χ3v) is 6.73. The van der Waals surface area contributed by atoms with Gasteiger partial charge >= 0.3 is 0 Å². The number of carbonyl (C=O) groups excluding carboxylic acids is 1. The van der Waals surface area contributed by atoms with Crippen LogP contribution in [0.5, 0.6) is 0 Å². The van der Waals surface area contributed by atoms with Crippen LogP contribution in [0.3, 0.4) is 0 Å². The van der Waals surface area contributed by atoms with Crippen LogP contribution < -0.4 is 5.56 Å². The van der Waals surface area contributed by atoms with Crippen LogP contribution >= 0.6 is 11.8 Å². The van der Waals surface area contributed by atoms with E-state index < -0.39 is 0 Å². The van der Waals surface area contributed by atoms with Crippen molar-refractivity contribution in [2.75, 3.05) is 19.5 Å². The number of rotatable bonds is 8. The molecular weight excluding hydrogens is 453 g/mol. The van der Waals surface area contributed by atoms with Crippen LogP contribution in [0.15, 0.2) is 64.5 Å². The van der Waals surface area contributed by atoms with Gasteiger partial charge in [-0.15, -0.1) is 0 Å². The molecule has 34 heavy (non-hydrogen) atoms. The van der Waals surface area contributed by atoms with Crippen molar-refractivity contribution >= 4 is 28.4 Å². The van der Waals surface area contributed by atoms with E-state index in [1.54, 1.807) is 35.9 Å². The van der Waals surface area contributed by atoms with Crippen LogP contribution in [0.4, 0.5) is 4.39 Å². The fourth-order valence-corrected chi connectivity index (χ4v) is 5.15. The lowest BCUT2D eigenvalue weighted by molar-refractivity contribution is 0.102. The lowest BCUT2D eigenvalue weighted by Gasteiger charge is -2.18. The SMILES string of the molecule is COCC(C)n1c(SCC(=O)c2cc(C)n(-c3ccc(F)cc3)c2C)nc2ccccc2c1=O. The predicted molar refractivity (Wildman–Crippen MR) is 133 cm³/mol. The summed E-state index contributed by atoms with van der Waals surface area (Å²) in [6, 6.07) is 15.0. The molecule has 2 aromatic heterocycles. The van der Waals surface area contributed by atoms with Gasteiger partial charge in [0.25, 0.3) is 5.56 Å². The fourth-order valence-electron chi connectivity index (χ4n) is 4.17. The minimum absolute atomic E-state index is 0.0696. The lowest BCUT2D eigenvalue weighted by atomic mass is 10.2. The molecule has 4 aromatic rings. The number of aromatic nitrogens is 3. The standard InChI is InChI=1S/C26H26FN3O3S/c1-16-13-22(18(3)29(16)20-11-9-19(27)10-12-20)24(31)15-34-26-28-23-8-6-5-7-21(23)25(32)30(26)17(2)14-33-4/h5-13,17H,14-15H2,1-4H3. The smallest absolute Gasteiger partial charge is 0.262 e. The van der Waals surface area contributed by atoms with Gasteiger partial charge in [-0.3, -0.25) is 14.2 Å². The third-order valence-electron chi connectivity index (χ3n) is 5.77. The number of aryl methyl sites for hydroxylation is 1. The number of ketones is 1. The van der Waals surface area contributed by atoms with Gasteiger partial charge in [0.1, 0.15) is 5.82 Å². The zero-order valence-electron chi connectivity index (χ0n) is 19.5. The number of methoxy groups -OCH3 is 1. The van der Waals surface area contributed by atoms with Crippen molar-refractivity contribution in [1.29, 1.82) is 0 Å². The molecule has 0 bridgehead atoms. The molecule has 1 unspecified atom stereocenters. The normalized spacial score (nSPS) is 12.3. The second-order valence-electron chi connectivity index (χ2n) is 8.20. The van der Waals surface area contributed by atoms with Gasteiger partial charge in [0.2, 0.25) is 0 Å². The Labute approximate surface area is 201 Å². The predicted octanol–water partition coefficient (Wildman–Crippen LogP) is 5.13. The first-order valence-electron chi connectivity index (χ1n) is 10.9. The van der Waals surface area contributed by atoms with Crippen LogP contribution in [-0.2, 0) is 4.74 Å². The number of Topliss-reactive ketones (excluding diaryl/α,β-unsaturated/α-hetero) is 1. The summed E-state index contributed by atoms with van der Waals surface area (Å²) in [5, 5.41) is 1.01. The Hall–Kier alpha value is -3.23. The van der Waals surface area contributed by atoms with Crippen LogP contribution in [0.1, 0.15) is 34.7 Å². The monoisotopic (exact) mass is 479 g/mol. The fraction of sp³-hybridized carbons (Fsp3) is 0.269. The second kappa shape index (κ2) is 9.95. The molecule has 1 atom stereocenters. The molecule has 2 heterocycles. The van der Waals surface area contributed by atoms with E-state index in [2.05, 4.69) is 4.98 Å². The number of para-hydroxylation sites is 1. The van der Waals surface area contributed by atoms with E-state index in [9.17, 15) is 14.0 Å². The van der Waals surface area contributed by atoms with Gasteiger partial charge in [-0.25, -0.2) is 9.37 Å². The quantitative estimate of drug-likeness (QED) is 0.199. The number of benzene rings is 2. The molecule has 8 heteroatoms. The zero-order chi connectivity index (χ0) is 24.4. The van der Waals surface area contributed by atoms with Crippen LogP contribution in [0.25, 0.3) is 16.6 Å². The second-order valence-corrected chi connectivity index (χ2v) is 9.14. The third kappa shape index (κ3) is 4.56. The first-order chi connectivity index (χ1) is 16.3. The topological polar surface area (TPSA) is 66.1 Å². The van der Waals surface area contributed by atoms with Gasteiger partial charge in [-0.2, -0.15) is 0 Å². The highest BCUT2D eigenvalue weighted by molar-refractivity contribution is 7.99. The maximum absolute atomic E-state index is 13.4. The average Bonchev–Trinajstić information content (AvgIpc) is 3.12. The number of hydrogen-bond donors (Lipinski definition) is 0.